The molecule has 110 valence electrons. The van der Waals surface area contributed by atoms with Crippen LogP contribution >= 0.6 is 23.6 Å². The van der Waals surface area contributed by atoms with Crippen LogP contribution in [0, 0.1) is 5.92 Å². The fourth-order valence-electron chi connectivity index (χ4n) is 1.70. The lowest BCUT2D eigenvalue weighted by Crippen LogP contribution is -2.38. The number of rotatable bonds is 4. The molecule has 1 aliphatic rings. The molecule has 6 nitrogen and oxygen atoms in total. The highest BCUT2D eigenvalue weighted by Gasteiger charge is 2.22. The van der Waals surface area contributed by atoms with Crippen LogP contribution in [0.25, 0.3) is 0 Å². The van der Waals surface area contributed by atoms with Gasteiger partial charge in [-0.05, 0) is 24.2 Å². The third-order valence-electron chi connectivity index (χ3n) is 2.52. The Morgan fingerprint density at radius 1 is 1.55 bits per heavy atom. The van der Waals surface area contributed by atoms with Gasteiger partial charge in [0.1, 0.15) is 5.01 Å². The predicted octanol–water partition coefficient (Wildman–Crippen LogP) is 1.33. The minimum atomic E-state index is -3.08. The standard InChI is InChI=1S/C11H16N4O2S3/c1-7(2)5-9-14-15-11(19-9)13-10(18)12-8-3-4-20(16,17)6-8/h3-4,7-8H,5-6H2,1-2H3,(H2,12,13,15,18)/t8-/m1/s1. The highest BCUT2D eigenvalue weighted by molar-refractivity contribution is 7.94. The molecule has 0 saturated carbocycles. The first-order chi connectivity index (χ1) is 9.34. The molecular formula is C11H16N4O2S3. The Morgan fingerprint density at radius 2 is 2.30 bits per heavy atom. The van der Waals surface area contributed by atoms with E-state index in [1.165, 1.54) is 16.7 Å². The van der Waals surface area contributed by atoms with Crippen LogP contribution in [0.5, 0.6) is 0 Å². The van der Waals surface area contributed by atoms with Crippen LogP contribution in [0.3, 0.4) is 0 Å². The maximum absolute atomic E-state index is 11.3. The summed E-state index contributed by atoms with van der Waals surface area (Å²) in [6, 6.07) is -0.289. The molecule has 2 heterocycles. The molecule has 0 bridgehead atoms. The Morgan fingerprint density at radius 3 is 2.90 bits per heavy atom. The van der Waals surface area contributed by atoms with Crippen LogP contribution in [0.15, 0.2) is 11.5 Å². The molecular weight excluding hydrogens is 316 g/mol. The number of thiocarbonyl (C=S) groups is 1. The van der Waals surface area contributed by atoms with Crippen molar-refractivity contribution in [2.75, 3.05) is 11.1 Å². The smallest absolute Gasteiger partial charge is 0.211 e. The molecule has 1 aliphatic heterocycles. The van der Waals surface area contributed by atoms with E-state index in [4.69, 9.17) is 12.2 Å². The van der Waals surface area contributed by atoms with Crippen LogP contribution in [0.2, 0.25) is 0 Å². The molecule has 1 aromatic heterocycles. The van der Waals surface area contributed by atoms with Gasteiger partial charge in [0, 0.05) is 11.8 Å². The monoisotopic (exact) mass is 332 g/mol. The fraction of sp³-hybridized carbons (Fsp3) is 0.545. The Labute approximate surface area is 127 Å². The van der Waals surface area contributed by atoms with Crippen molar-refractivity contribution in [2.24, 2.45) is 5.92 Å². The number of hydrogen-bond acceptors (Lipinski definition) is 6. The minimum absolute atomic E-state index is 0.0313. The average Bonchev–Trinajstić information content (AvgIpc) is 2.85. The SMILES string of the molecule is CC(C)Cc1nnc(NC(=S)N[C@@H]2C=CS(=O)(=O)C2)s1. The zero-order valence-electron chi connectivity index (χ0n) is 11.2. The van der Waals surface area contributed by atoms with Crippen molar-refractivity contribution in [3.63, 3.8) is 0 Å². The first-order valence-electron chi connectivity index (χ1n) is 6.15. The number of hydrogen-bond donors (Lipinski definition) is 2. The van der Waals surface area contributed by atoms with E-state index in [1.54, 1.807) is 6.08 Å². The van der Waals surface area contributed by atoms with Crippen molar-refractivity contribution in [2.45, 2.75) is 26.3 Å². The maximum atomic E-state index is 11.3. The van der Waals surface area contributed by atoms with Gasteiger partial charge >= 0.3 is 0 Å². The summed E-state index contributed by atoms with van der Waals surface area (Å²) in [5, 5.41) is 17.1. The summed E-state index contributed by atoms with van der Waals surface area (Å²) in [5.41, 5.74) is 0. The molecule has 0 amide bonds. The number of aromatic nitrogens is 2. The molecule has 0 unspecified atom stereocenters. The van der Waals surface area contributed by atoms with Crippen molar-refractivity contribution in [3.8, 4) is 0 Å². The molecule has 0 fully saturated rings. The zero-order valence-corrected chi connectivity index (χ0v) is 13.6. The summed E-state index contributed by atoms with van der Waals surface area (Å²) in [4.78, 5) is 0. The fourth-order valence-corrected chi connectivity index (χ4v) is 4.21. The summed E-state index contributed by atoms with van der Waals surface area (Å²) in [6.45, 7) is 4.24. The van der Waals surface area contributed by atoms with Gasteiger partial charge in [-0.15, -0.1) is 10.2 Å². The van der Waals surface area contributed by atoms with E-state index in [1.807, 2.05) is 0 Å². The molecule has 2 rings (SSSR count). The summed E-state index contributed by atoms with van der Waals surface area (Å²) >= 11 is 6.58. The largest absolute Gasteiger partial charge is 0.355 e. The van der Waals surface area contributed by atoms with Crippen molar-refractivity contribution in [1.29, 1.82) is 0 Å². The lowest BCUT2D eigenvalue weighted by atomic mass is 10.1. The highest BCUT2D eigenvalue weighted by atomic mass is 32.2. The van der Waals surface area contributed by atoms with Gasteiger partial charge in [-0.25, -0.2) is 8.42 Å². The summed E-state index contributed by atoms with van der Waals surface area (Å²) < 4.78 is 22.6. The first kappa shape index (κ1) is 15.3. The van der Waals surface area contributed by atoms with Gasteiger partial charge in [0.2, 0.25) is 5.13 Å². The third kappa shape index (κ3) is 4.50. The van der Waals surface area contributed by atoms with Crippen LogP contribution in [-0.4, -0.2) is 35.5 Å². The second-order valence-corrected chi connectivity index (χ2v) is 8.36. The minimum Gasteiger partial charge on any atom is -0.355 e. The topological polar surface area (TPSA) is 84.0 Å². The van der Waals surface area contributed by atoms with Crippen LogP contribution in [-0.2, 0) is 16.3 Å². The molecule has 0 radical (unpaired) electrons. The van der Waals surface area contributed by atoms with E-state index >= 15 is 0 Å². The average molecular weight is 332 g/mol. The Hall–Kier alpha value is -1.06. The van der Waals surface area contributed by atoms with Gasteiger partial charge in [-0.1, -0.05) is 25.2 Å². The highest BCUT2D eigenvalue weighted by Crippen LogP contribution is 2.18. The maximum Gasteiger partial charge on any atom is 0.211 e. The molecule has 20 heavy (non-hydrogen) atoms. The van der Waals surface area contributed by atoms with Crippen molar-refractivity contribution in [3.05, 3.63) is 16.5 Å². The van der Waals surface area contributed by atoms with Gasteiger partial charge in [-0.2, -0.15) is 0 Å². The van der Waals surface area contributed by atoms with Crippen LogP contribution in [0.1, 0.15) is 18.9 Å². The molecule has 1 atom stereocenters. The number of nitrogens with one attached hydrogen (secondary N) is 2. The molecule has 1 aromatic rings. The quantitative estimate of drug-likeness (QED) is 0.805. The first-order valence-corrected chi connectivity index (χ1v) is 9.09. The van der Waals surface area contributed by atoms with Gasteiger partial charge in [0.05, 0.1) is 11.8 Å². The molecule has 2 N–H and O–H groups in total. The lowest BCUT2D eigenvalue weighted by molar-refractivity contribution is 0.603. The predicted molar refractivity (Wildman–Crippen MR) is 84.5 cm³/mol. The van der Waals surface area contributed by atoms with Gasteiger partial charge in [0.25, 0.3) is 0 Å². The van der Waals surface area contributed by atoms with Crippen molar-refractivity contribution in [1.82, 2.24) is 15.5 Å². The van der Waals surface area contributed by atoms with E-state index in [-0.39, 0.29) is 11.8 Å². The molecule has 0 saturated heterocycles. The second kappa shape index (κ2) is 6.15. The van der Waals surface area contributed by atoms with Crippen molar-refractivity contribution >= 4 is 43.6 Å². The van der Waals surface area contributed by atoms with Crippen molar-refractivity contribution < 1.29 is 8.42 Å². The third-order valence-corrected chi connectivity index (χ3v) is 4.99. The number of anilines is 1. The Bertz CT molecular complexity index is 621. The van der Waals surface area contributed by atoms with Crippen LogP contribution < -0.4 is 10.6 Å². The molecule has 9 heteroatoms. The molecule has 0 spiro atoms. The van der Waals surface area contributed by atoms with E-state index < -0.39 is 9.84 Å². The Kier molecular flexibility index (Phi) is 4.71. The number of sulfone groups is 1. The van der Waals surface area contributed by atoms with Crippen LogP contribution in [0.4, 0.5) is 5.13 Å². The van der Waals surface area contributed by atoms with E-state index in [2.05, 4.69) is 34.7 Å². The van der Waals surface area contributed by atoms with Gasteiger partial charge in [-0.3, -0.25) is 0 Å². The van der Waals surface area contributed by atoms with E-state index in [9.17, 15) is 8.42 Å². The van der Waals surface area contributed by atoms with Gasteiger partial charge < -0.3 is 10.6 Å². The summed E-state index contributed by atoms with van der Waals surface area (Å²) in [7, 11) is -3.08. The number of nitrogens with zero attached hydrogens (tertiary/aromatic N) is 2. The summed E-state index contributed by atoms with van der Waals surface area (Å²) in [6.07, 6.45) is 2.47. The molecule has 0 aliphatic carbocycles. The second-order valence-electron chi connectivity index (χ2n) is 4.96. The zero-order chi connectivity index (χ0) is 14.8. The molecule has 0 aromatic carbocycles. The van der Waals surface area contributed by atoms with Gasteiger partial charge in [0.15, 0.2) is 14.9 Å². The van der Waals surface area contributed by atoms with E-state index in [0.29, 0.717) is 16.2 Å². The van der Waals surface area contributed by atoms with E-state index in [0.717, 1.165) is 11.4 Å². The normalized spacial score (nSPS) is 20.2. The summed E-state index contributed by atoms with van der Waals surface area (Å²) in [5.74, 6) is 0.554. The lowest BCUT2D eigenvalue weighted by Gasteiger charge is -2.12. The Balaban J connectivity index is 1.86.